The first-order valence-corrected chi connectivity index (χ1v) is 8.85. The molecule has 0 bridgehead atoms. The quantitative estimate of drug-likeness (QED) is 0.769. The summed E-state index contributed by atoms with van der Waals surface area (Å²) in [5, 5.41) is 9.21. The van der Waals surface area contributed by atoms with Crippen molar-refractivity contribution >= 4 is 11.9 Å². The number of hydrogen-bond acceptors (Lipinski definition) is 3. The maximum atomic E-state index is 13.5. The largest absolute Gasteiger partial charge is 0.485 e. The molecule has 2 aliphatic heterocycles. The molecule has 25 heavy (non-hydrogen) atoms. The molecule has 0 aromatic heterocycles. The number of amides is 1. The number of rotatable bonds is 0. The smallest absolute Gasteiger partial charge is 0.407 e. The predicted molar refractivity (Wildman–Crippen MR) is 95.4 cm³/mol. The van der Waals surface area contributed by atoms with Crippen molar-refractivity contribution in [2.75, 3.05) is 13.1 Å². The Morgan fingerprint density at radius 1 is 1.20 bits per heavy atom. The second kappa shape index (κ2) is 5.48. The van der Waals surface area contributed by atoms with Crippen molar-refractivity contribution in [2.45, 2.75) is 58.5 Å². The summed E-state index contributed by atoms with van der Waals surface area (Å²) in [5.74, 6) is 0.739. The summed E-state index contributed by atoms with van der Waals surface area (Å²) in [6, 6.07) is 5.80. The number of Topliss-reactive ketones (excluding diaryl/α,β-unsaturated/α-hetero) is 1. The van der Waals surface area contributed by atoms with Gasteiger partial charge in [0.2, 0.25) is 0 Å². The van der Waals surface area contributed by atoms with Crippen LogP contribution in [0.15, 0.2) is 18.2 Å². The Morgan fingerprint density at radius 2 is 1.80 bits per heavy atom. The van der Waals surface area contributed by atoms with Gasteiger partial charge in [0.15, 0.2) is 5.78 Å². The molecule has 136 valence electrons. The molecule has 0 radical (unpaired) electrons. The Balaban J connectivity index is 2.06. The predicted octanol–water partition coefficient (Wildman–Crippen LogP) is 4.10. The van der Waals surface area contributed by atoms with E-state index in [0.717, 1.165) is 5.56 Å². The van der Waals surface area contributed by atoms with Crippen LogP contribution in [0, 0.1) is 5.41 Å². The lowest BCUT2D eigenvalue weighted by Gasteiger charge is -2.52. The molecule has 2 aliphatic rings. The highest BCUT2D eigenvalue weighted by Crippen LogP contribution is 2.51. The van der Waals surface area contributed by atoms with E-state index < -0.39 is 17.1 Å². The molecule has 0 unspecified atom stereocenters. The summed E-state index contributed by atoms with van der Waals surface area (Å²) in [6.07, 6.45) is 0.138. The van der Waals surface area contributed by atoms with E-state index in [0.29, 0.717) is 37.2 Å². The van der Waals surface area contributed by atoms with Crippen molar-refractivity contribution in [1.29, 1.82) is 0 Å². The van der Waals surface area contributed by atoms with Crippen molar-refractivity contribution in [3.05, 3.63) is 29.3 Å². The number of carbonyl (C=O) groups excluding carboxylic acids is 1. The number of hydrogen-bond donors (Lipinski definition) is 1. The summed E-state index contributed by atoms with van der Waals surface area (Å²) in [7, 11) is 0. The van der Waals surface area contributed by atoms with Crippen molar-refractivity contribution < 1.29 is 19.4 Å². The fourth-order valence-electron chi connectivity index (χ4n) is 4.12. The molecule has 0 atom stereocenters. The third-order valence-corrected chi connectivity index (χ3v) is 5.91. The second-order valence-electron chi connectivity index (χ2n) is 8.75. The van der Waals surface area contributed by atoms with Crippen LogP contribution in [0.3, 0.4) is 0 Å². The highest BCUT2D eigenvalue weighted by Gasteiger charge is 2.57. The van der Waals surface area contributed by atoms with E-state index in [1.807, 2.05) is 32.0 Å². The van der Waals surface area contributed by atoms with Crippen LogP contribution in [0.2, 0.25) is 0 Å². The first kappa shape index (κ1) is 17.8. The third kappa shape index (κ3) is 2.60. The molecule has 1 fully saturated rings. The fourth-order valence-corrected chi connectivity index (χ4v) is 4.12. The minimum atomic E-state index is -0.912. The number of carboxylic acid groups (broad SMARTS) is 1. The molecular formula is C20H27NO4. The van der Waals surface area contributed by atoms with Crippen LogP contribution in [-0.4, -0.2) is 40.6 Å². The molecular weight excluding hydrogens is 318 g/mol. The SMILES string of the molecule is CC(C)(C)c1cccc2c1C(=O)C(C)(C)C1(CCN(C(=O)O)CC1)O2. The minimum absolute atomic E-state index is 0.100. The Morgan fingerprint density at radius 3 is 2.32 bits per heavy atom. The van der Waals surface area contributed by atoms with Gasteiger partial charge in [0.1, 0.15) is 11.4 Å². The first-order chi connectivity index (χ1) is 11.5. The summed E-state index contributed by atoms with van der Waals surface area (Å²) < 4.78 is 6.47. The van der Waals surface area contributed by atoms with Crippen LogP contribution in [-0.2, 0) is 5.41 Å². The van der Waals surface area contributed by atoms with E-state index in [9.17, 15) is 14.7 Å². The highest BCUT2D eigenvalue weighted by molar-refractivity contribution is 6.05. The molecule has 5 nitrogen and oxygen atoms in total. The number of likely N-dealkylation sites (tertiary alicyclic amines) is 1. The molecule has 2 heterocycles. The molecule has 0 saturated carbocycles. The number of piperidine rings is 1. The molecule has 1 saturated heterocycles. The van der Waals surface area contributed by atoms with Gasteiger partial charge in [-0.05, 0) is 30.9 Å². The second-order valence-corrected chi connectivity index (χ2v) is 8.75. The number of benzene rings is 1. The zero-order chi connectivity index (χ0) is 18.6. The van der Waals surface area contributed by atoms with Gasteiger partial charge in [0.05, 0.1) is 11.0 Å². The van der Waals surface area contributed by atoms with E-state index in [1.54, 1.807) is 0 Å². The van der Waals surface area contributed by atoms with Crippen molar-refractivity contribution in [1.82, 2.24) is 4.90 Å². The Hall–Kier alpha value is -2.04. The number of nitrogens with zero attached hydrogens (tertiary/aromatic N) is 1. The van der Waals surface area contributed by atoms with Crippen molar-refractivity contribution in [3.63, 3.8) is 0 Å². The molecule has 1 aromatic carbocycles. The van der Waals surface area contributed by atoms with Crippen LogP contribution >= 0.6 is 0 Å². The molecule has 1 amide bonds. The Kier molecular flexibility index (Phi) is 3.90. The first-order valence-electron chi connectivity index (χ1n) is 8.85. The average molecular weight is 345 g/mol. The molecule has 1 aromatic rings. The summed E-state index contributed by atoms with van der Waals surface area (Å²) >= 11 is 0. The van der Waals surface area contributed by atoms with Gasteiger partial charge in [-0.15, -0.1) is 0 Å². The summed E-state index contributed by atoms with van der Waals surface area (Å²) in [6.45, 7) is 10.9. The zero-order valence-electron chi connectivity index (χ0n) is 15.7. The number of carbonyl (C=O) groups is 2. The Bertz CT molecular complexity index is 722. The van der Waals surface area contributed by atoms with Gasteiger partial charge in [-0.3, -0.25) is 4.79 Å². The van der Waals surface area contributed by atoms with E-state index in [1.165, 1.54) is 4.90 Å². The zero-order valence-corrected chi connectivity index (χ0v) is 15.7. The topological polar surface area (TPSA) is 66.8 Å². The lowest BCUT2D eigenvalue weighted by atomic mass is 9.62. The minimum Gasteiger partial charge on any atom is -0.485 e. The summed E-state index contributed by atoms with van der Waals surface area (Å²) in [5.41, 5.74) is 0.176. The molecule has 3 rings (SSSR count). The normalized spacial score (nSPS) is 21.6. The van der Waals surface area contributed by atoms with Gasteiger partial charge in [0, 0.05) is 25.9 Å². The van der Waals surface area contributed by atoms with Gasteiger partial charge < -0.3 is 14.7 Å². The van der Waals surface area contributed by atoms with Crippen LogP contribution in [0.4, 0.5) is 4.79 Å². The fraction of sp³-hybridized carbons (Fsp3) is 0.600. The maximum Gasteiger partial charge on any atom is 0.407 e. The third-order valence-electron chi connectivity index (χ3n) is 5.91. The molecule has 1 N–H and O–H groups in total. The standard InChI is InChI=1S/C20H27NO4/c1-18(2,3)13-7-6-8-14-15(13)16(22)19(4,5)20(25-14)9-11-21(12-10-20)17(23)24/h6-8H,9-12H2,1-5H3,(H,23,24). The number of ketones is 1. The van der Waals surface area contributed by atoms with E-state index >= 15 is 0 Å². The lowest BCUT2D eigenvalue weighted by Crippen LogP contribution is -2.62. The number of fused-ring (bicyclic) bond motifs is 1. The van der Waals surface area contributed by atoms with Crippen LogP contribution in [0.5, 0.6) is 5.75 Å². The van der Waals surface area contributed by atoms with Gasteiger partial charge in [-0.25, -0.2) is 4.79 Å². The van der Waals surface area contributed by atoms with Gasteiger partial charge >= 0.3 is 6.09 Å². The monoisotopic (exact) mass is 345 g/mol. The summed E-state index contributed by atoms with van der Waals surface area (Å²) in [4.78, 5) is 26.1. The van der Waals surface area contributed by atoms with Gasteiger partial charge in [-0.2, -0.15) is 0 Å². The lowest BCUT2D eigenvalue weighted by molar-refractivity contribution is -0.0738. The van der Waals surface area contributed by atoms with Crippen LogP contribution in [0.1, 0.15) is 63.4 Å². The van der Waals surface area contributed by atoms with Crippen LogP contribution in [0.25, 0.3) is 0 Å². The maximum absolute atomic E-state index is 13.5. The number of ether oxygens (including phenoxy) is 1. The molecule has 5 heteroatoms. The molecule has 0 aliphatic carbocycles. The van der Waals surface area contributed by atoms with Crippen molar-refractivity contribution in [3.8, 4) is 5.75 Å². The van der Waals surface area contributed by atoms with Gasteiger partial charge in [-0.1, -0.05) is 32.9 Å². The van der Waals surface area contributed by atoms with Crippen LogP contribution < -0.4 is 4.74 Å². The van der Waals surface area contributed by atoms with E-state index in [-0.39, 0.29) is 11.2 Å². The van der Waals surface area contributed by atoms with Crippen molar-refractivity contribution in [2.24, 2.45) is 5.41 Å². The highest BCUT2D eigenvalue weighted by atomic mass is 16.5. The average Bonchev–Trinajstić information content (AvgIpc) is 2.52. The Labute approximate surface area is 149 Å². The van der Waals surface area contributed by atoms with Gasteiger partial charge in [0.25, 0.3) is 0 Å². The molecule has 1 spiro atoms. The van der Waals surface area contributed by atoms with E-state index in [4.69, 9.17) is 4.74 Å². The van der Waals surface area contributed by atoms with E-state index in [2.05, 4.69) is 20.8 Å².